The fraction of sp³-hybridized carbons (Fsp3) is 0.357. The Kier molecular flexibility index (Phi) is 9.48. The second-order valence-electron chi connectivity index (χ2n) is 8.14. The highest BCUT2D eigenvalue weighted by atomic mass is 16.6. The van der Waals surface area contributed by atoms with Gasteiger partial charge in [-0.15, -0.1) is 0 Å². The largest absolute Gasteiger partial charge is 0.493 e. The van der Waals surface area contributed by atoms with Crippen LogP contribution in [0.15, 0.2) is 35.4 Å². The first-order chi connectivity index (χ1) is 18.3. The topological polar surface area (TPSA) is 102 Å². The molecule has 0 N–H and O–H groups in total. The number of carbonyl (C=O) groups excluding carboxylic acids is 2. The van der Waals surface area contributed by atoms with Crippen LogP contribution in [0.1, 0.15) is 18.1 Å². The average Bonchev–Trinajstić information content (AvgIpc) is 2.93. The minimum Gasteiger partial charge on any atom is -0.493 e. The van der Waals surface area contributed by atoms with Crippen molar-refractivity contribution in [3.05, 3.63) is 46.5 Å². The maximum atomic E-state index is 13.6. The van der Waals surface area contributed by atoms with E-state index in [0.29, 0.717) is 56.8 Å². The van der Waals surface area contributed by atoms with Gasteiger partial charge in [-0.25, -0.2) is 4.79 Å². The van der Waals surface area contributed by atoms with Gasteiger partial charge in [-0.3, -0.25) is 9.69 Å². The van der Waals surface area contributed by atoms with Gasteiger partial charge in [0.2, 0.25) is 11.5 Å². The van der Waals surface area contributed by atoms with Crippen LogP contribution in [0.2, 0.25) is 0 Å². The molecule has 0 aromatic heterocycles. The fourth-order valence-electron chi connectivity index (χ4n) is 4.15. The summed E-state index contributed by atoms with van der Waals surface area (Å²) in [5, 5.41) is 0. The number of carbonyl (C=O) groups is 2. The smallest absolute Gasteiger partial charge is 0.410 e. The lowest BCUT2D eigenvalue weighted by molar-refractivity contribution is -0.113. The minimum absolute atomic E-state index is 0.0704. The Balaban J connectivity index is 2.12. The molecule has 0 saturated carbocycles. The van der Waals surface area contributed by atoms with Crippen molar-refractivity contribution in [2.75, 3.05) is 62.4 Å². The van der Waals surface area contributed by atoms with Crippen molar-refractivity contribution in [2.45, 2.75) is 6.92 Å². The van der Waals surface area contributed by atoms with Crippen LogP contribution in [0.5, 0.6) is 34.5 Å². The summed E-state index contributed by atoms with van der Waals surface area (Å²) < 4.78 is 37.8. The quantitative estimate of drug-likeness (QED) is 0.443. The van der Waals surface area contributed by atoms with E-state index in [1.807, 2.05) is 0 Å². The molecule has 1 fully saturated rings. The molecule has 204 valence electrons. The highest BCUT2D eigenvalue weighted by molar-refractivity contribution is 6.15. The molecular weight excluding hydrogens is 494 g/mol. The number of hydrogen-bond donors (Lipinski definition) is 0. The third-order valence-corrected chi connectivity index (χ3v) is 5.89. The number of Topliss-reactive ketones (excluding diaryl/α,β-unsaturated/α-hetero) is 1. The Morgan fingerprint density at radius 1 is 0.711 bits per heavy atom. The standard InChI is InChI=1S/C28H33NO9/c1-8-38-28(31)29-15-19(9-17-11-21(32-2)26(36-6)22(12-17)33-3)25(30)20(16-29)10-18-13-23(34-4)27(37-7)24(14-18)35-5/h9-14H,8,15-16H2,1-7H3/b19-9+,20-10+. The highest BCUT2D eigenvalue weighted by Gasteiger charge is 2.30. The Morgan fingerprint density at radius 3 is 1.37 bits per heavy atom. The third kappa shape index (κ3) is 5.96. The van der Waals surface area contributed by atoms with Crippen molar-refractivity contribution in [3.8, 4) is 34.5 Å². The van der Waals surface area contributed by atoms with Crippen molar-refractivity contribution in [3.63, 3.8) is 0 Å². The van der Waals surface area contributed by atoms with E-state index in [4.69, 9.17) is 33.2 Å². The van der Waals surface area contributed by atoms with Gasteiger partial charge in [-0.2, -0.15) is 0 Å². The van der Waals surface area contributed by atoms with Crippen LogP contribution in [0.25, 0.3) is 12.2 Å². The number of likely N-dealkylation sites (tertiary alicyclic amines) is 1. The Morgan fingerprint density at radius 2 is 1.08 bits per heavy atom. The van der Waals surface area contributed by atoms with Crippen molar-refractivity contribution in [2.24, 2.45) is 0 Å². The molecule has 0 unspecified atom stereocenters. The van der Waals surface area contributed by atoms with Crippen LogP contribution >= 0.6 is 0 Å². The zero-order valence-electron chi connectivity index (χ0n) is 22.7. The van der Waals surface area contributed by atoms with E-state index in [-0.39, 0.29) is 25.5 Å². The number of piperidine rings is 1. The van der Waals surface area contributed by atoms with E-state index in [1.165, 1.54) is 47.6 Å². The summed E-state index contributed by atoms with van der Waals surface area (Å²) in [6, 6.07) is 6.92. The minimum atomic E-state index is -0.522. The summed E-state index contributed by atoms with van der Waals surface area (Å²) in [6.45, 7) is 2.08. The average molecular weight is 528 g/mol. The zero-order chi connectivity index (χ0) is 27.8. The van der Waals surface area contributed by atoms with Crippen LogP contribution in [0, 0.1) is 0 Å². The Bertz CT molecular complexity index is 1110. The first-order valence-electron chi connectivity index (χ1n) is 11.8. The SMILES string of the molecule is CCOC(=O)N1C/C(=C\c2cc(OC)c(OC)c(OC)c2)C(=O)/C(=C/c2cc(OC)c(OC)c(OC)c2)C1. The predicted molar refractivity (Wildman–Crippen MR) is 142 cm³/mol. The van der Waals surface area contributed by atoms with Crippen molar-refractivity contribution >= 4 is 24.0 Å². The van der Waals surface area contributed by atoms with Gasteiger partial charge in [0, 0.05) is 11.1 Å². The number of nitrogens with zero attached hydrogens (tertiary/aromatic N) is 1. The lowest BCUT2D eigenvalue weighted by Gasteiger charge is -2.29. The molecule has 3 rings (SSSR count). The lowest BCUT2D eigenvalue weighted by atomic mass is 9.94. The van der Waals surface area contributed by atoms with Crippen molar-refractivity contribution in [1.82, 2.24) is 4.90 Å². The normalized spacial score (nSPS) is 15.3. The molecule has 1 saturated heterocycles. The predicted octanol–water partition coefficient (Wildman–Crippen LogP) is 4.25. The molecule has 2 aromatic rings. The van der Waals surface area contributed by atoms with E-state index in [2.05, 4.69) is 0 Å². The molecule has 0 bridgehead atoms. The Labute approximate surface area is 222 Å². The number of ether oxygens (including phenoxy) is 7. The summed E-state index contributed by atoms with van der Waals surface area (Å²) in [6.07, 6.45) is 2.87. The van der Waals surface area contributed by atoms with Crippen LogP contribution in [0.4, 0.5) is 4.79 Å². The highest BCUT2D eigenvalue weighted by Crippen LogP contribution is 2.40. The molecule has 10 heteroatoms. The molecule has 38 heavy (non-hydrogen) atoms. The maximum absolute atomic E-state index is 13.6. The van der Waals surface area contributed by atoms with E-state index >= 15 is 0 Å². The molecule has 0 aliphatic carbocycles. The van der Waals surface area contributed by atoms with Gasteiger partial charge in [0.15, 0.2) is 28.8 Å². The number of hydrogen-bond acceptors (Lipinski definition) is 9. The number of methoxy groups -OCH3 is 6. The second-order valence-corrected chi connectivity index (χ2v) is 8.14. The zero-order valence-corrected chi connectivity index (χ0v) is 22.7. The lowest BCUT2D eigenvalue weighted by Crippen LogP contribution is -2.41. The second kappa shape index (κ2) is 12.8. The molecule has 0 spiro atoms. The van der Waals surface area contributed by atoms with Crippen LogP contribution < -0.4 is 28.4 Å². The van der Waals surface area contributed by atoms with Crippen LogP contribution in [-0.2, 0) is 9.53 Å². The first kappa shape index (κ1) is 28.2. The van der Waals surface area contributed by atoms with Crippen LogP contribution in [-0.4, -0.2) is 79.1 Å². The molecule has 0 atom stereocenters. The van der Waals surface area contributed by atoms with E-state index in [0.717, 1.165) is 0 Å². The van der Waals surface area contributed by atoms with Gasteiger partial charge in [0.1, 0.15) is 0 Å². The molecular formula is C28H33NO9. The molecule has 1 aliphatic heterocycles. The number of amides is 1. The van der Waals surface area contributed by atoms with E-state index in [9.17, 15) is 9.59 Å². The monoisotopic (exact) mass is 527 g/mol. The summed E-state index contributed by atoms with van der Waals surface area (Å²) in [5.41, 5.74) is 2.05. The maximum Gasteiger partial charge on any atom is 0.410 e. The number of rotatable bonds is 9. The molecule has 0 radical (unpaired) electrons. The molecule has 1 amide bonds. The fourth-order valence-corrected chi connectivity index (χ4v) is 4.15. The van der Waals surface area contributed by atoms with E-state index < -0.39 is 6.09 Å². The van der Waals surface area contributed by atoms with Gasteiger partial charge in [-0.05, 0) is 54.5 Å². The molecule has 10 nitrogen and oxygen atoms in total. The molecule has 1 aliphatic rings. The number of ketones is 1. The van der Waals surface area contributed by atoms with Gasteiger partial charge in [0.25, 0.3) is 0 Å². The van der Waals surface area contributed by atoms with E-state index in [1.54, 1.807) is 43.3 Å². The summed E-state index contributed by atoms with van der Waals surface area (Å²) in [7, 11) is 9.09. The summed E-state index contributed by atoms with van der Waals surface area (Å²) in [5.74, 6) is 2.42. The number of benzene rings is 2. The summed E-state index contributed by atoms with van der Waals surface area (Å²) >= 11 is 0. The third-order valence-electron chi connectivity index (χ3n) is 5.89. The van der Waals surface area contributed by atoms with Crippen LogP contribution in [0.3, 0.4) is 0 Å². The van der Waals surface area contributed by atoms with Gasteiger partial charge >= 0.3 is 6.09 Å². The van der Waals surface area contributed by atoms with Gasteiger partial charge in [0.05, 0.1) is 62.4 Å². The van der Waals surface area contributed by atoms with Gasteiger partial charge < -0.3 is 33.2 Å². The van der Waals surface area contributed by atoms with Crippen molar-refractivity contribution < 1.29 is 42.7 Å². The van der Waals surface area contributed by atoms with Gasteiger partial charge in [-0.1, -0.05) is 0 Å². The Hall–Kier alpha value is -4.34. The van der Waals surface area contributed by atoms with Crippen molar-refractivity contribution in [1.29, 1.82) is 0 Å². The first-order valence-corrected chi connectivity index (χ1v) is 11.8. The summed E-state index contributed by atoms with van der Waals surface area (Å²) in [4.78, 5) is 27.8. The molecule has 1 heterocycles. The molecule has 2 aromatic carbocycles.